The average Bonchev–Trinajstić information content (AvgIpc) is 2.57. The molecule has 0 aromatic heterocycles. The molecule has 0 unspecified atom stereocenters. The molecule has 1 amide bonds. The Morgan fingerprint density at radius 2 is 1.62 bits per heavy atom. The van der Waals surface area contributed by atoms with E-state index in [0.29, 0.717) is 25.8 Å². The standard InChI is InChI=1S/C15H18N4O7/c16-19-17-7-3-1-2-4-13(20)18-12(10-25-8-5-14(21)22)11-26-9-6-15(23)24/h12H,1-4,7,10-11H2,(H,18,20)(H,21,22)(H,23,24). The molecular formula is C15H18N4O7. The van der Waals surface area contributed by atoms with Crippen molar-refractivity contribution in [2.45, 2.75) is 31.7 Å². The molecule has 11 heteroatoms. The van der Waals surface area contributed by atoms with E-state index in [-0.39, 0.29) is 25.5 Å². The first-order chi connectivity index (χ1) is 12.5. The lowest BCUT2D eigenvalue weighted by Crippen LogP contribution is -2.41. The molecule has 0 aliphatic rings. The monoisotopic (exact) mass is 366 g/mol. The fraction of sp³-hybridized carbons (Fsp3) is 0.533. The van der Waals surface area contributed by atoms with Crippen molar-refractivity contribution >= 4 is 17.8 Å². The fourth-order valence-corrected chi connectivity index (χ4v) is 1.56. The highest BCUT2D eigenvalue weighted by atomic mass is 16.5. The highest BCUT2D eigenvalue weighted by molar-refractivity contribution is 5.86. The first-order valence-electron chi connectivity index (χ1n) is 7.47. The molecule has 11 nitrogen and oxygen atoms in total. The zero-order chi connectivity index (χ0) is 19.6. The predicted octanol–water partition coefficient (Wildman–Crippen LogP) is 0.466. The van der Waals surface area contributed by atoms with Gasteiger partial charge < -0.3 is 25.0 Å². The third-order valence-electron chi connectivity index (χ3n) is 2.62. The van der Waals surface area contributed by atoms with Crippen molar-refractivity contribution in [2.24, 2.45) is 5.11 Å². The second-order valence-corrected chi connectivity index (χ2v) is 4.72. The second-order valence-electron chi connectivity index (χ2n) is 4.72. The number of ether oxygens (including phenoxy) is 2. The molecule has 3 N–H and O–H groups in total. The Balaban J connectivity index is 4.34. The van der Waals surface area contributed by atoms with Crippen LogP contribution in [0.1, 0.15) is 25.7 Å². The number of carboxylic acids is 2. The van der Waals surface area contributed by atoms with Crippen LogP contribution in [0.25, 0.3) is 10.4 Å². The van der Waals surface area contributed by atoms with E-state index in [1.54, 1.807) is 11.8 Å². The summed E-state index contributed by atoms with van der Waals surface area (Å²) in [6.45, 7) is 0.0300. The van der Waals surface area contributed by atoms with E-state index in [9.17, 15) is 14.4 Å². The van der Waals surface area contributed by atoms with Crippen molar-refractivity contribution < 1.29 is 34.1 Å². The van der Waals surface area contributed by atoms with E-state index >= 15 is 0 Å². The highest BCUT2D eigenvalue weighted by Gasteiger charge is 2.13. The lowest BCUT2D eigenvalue weighted by atomic mass is 10.2. The third-order valence-corrected chi connectivity index (χ3v) is 2.62. The fourth-order valence-electron chi connectivity index (χ4n) is 1.56. The van der Waals surface area contributed by atoms with Crippen molar-refractivity contribution in [1.82, 2.24) is 5.32 Å². The molecule has 140 valence electrons. The maximum Gasteiger partial charge on any atom is 0.385 e. The molecular weight excluding hydrogens is 348 g/mol. The Morgan fingerprint density at radius 1 is 1.04 bits per heavy atom. The summed E-state index contributed by atoms with van der Waals surface area (Å²) in [7, 11) is 0. The summed E-state index contributed by atoms with van der Waals surface area (Å²) in [5.74, 6) is 0.458. The average molecular weight is 366 g/mol. The van der Waals surface area contributed by atoms with Crippen LogP contribution in [0.15, 0.2) is 5.11 Å². The van der Waals surface area contributed by atoms with Crippen LogP contribution < -0.4 is 5.32 Å². The molecule has 0 aromatic rings. The quantitative estimate of drug-likeness (QED) is 0.157. The third kappa shape index (κ3) is 15.3. The van der Waals surface area contributed by atoms with Crippen LogP contribution in [0.4, 0.5) is 0 Å². The van der Waals surface area contributed by atoms with Crippen LogP contribution in [-0.4, -0.2) is 53.9 Å². The number of azide groups is 1. The summed E-state index contributed by atoms with van der Waals surface area (Å²) >= 11 is 0. The summed E-state index contributed by atoms with van der Waals surface area (Å²) in [4.78, 5) is 35.0. The first-order valence-corrected chi connectivity index (χ1v) is 7.47. The molecule has 0 spiro atoms. The number of aliphatic carboxylic acids is 2. The molecule has 0 saturated carbocycles. The number of nitrogens with one attached hydrogen (secondary N) is 1. The number of hydrogen-bond acceptors (Lipinski definition) is 6. The van der Waals surface area contributed by atoms with Crippen LogP contribution in [-0.2, 0) is 23.9 Å². The molecule has 0 saturated heterocycles. The van der Waals surface area contributed by atoms with Crippen molar-refractivity contribution in [1.29, 1.82) is 0 Å². The Morgan fingerprint density at radius 3 is 2.12 bits per heavy atom. The van der Waals surface area contributed by atoms with Crippen molar-refractivity contribution in [3.8, 4) is 24.1 Å². The number of amides is 1. The lowest BCUT2D eigenvalue weighted by molar-refractivity contribution is -0.131. The minimum absolute atomic E-state index is 0.169. The number of carbonyl (C=O) groups excluding carboxylic acids is 1. The van der Waals surface area contributed by atoms with Gasteiger partial charge in [0, 0.05) is 17.9 Å². The number of nitrogens with zero attached hydrogens (tertiary/aromatic N) is 3. The number of rotatable bonds is 11. The molecule has 0 aliphatic heterocycles. The van der Waals surface area contributed by atoms with Crippen molar-refractivity contribution in [2.75, 3.05) is 19.8 Å². The minimum Gasteiger partial charge on any atom is -0.472 e. The number of carbonyl (C=O) groups is 3. The van der Waals surface area contributed by atoms with E-state index in [1.807, 2.05) is 12.2 Å². The molecule has 0 heterocycles. The zero-order valence-corrected chi connectivity index (χ0v) is 13.8. The van der Waals surface area contributed by atoms with Crippen LogP contribution in [0.3, 0.4) is 0 Å². The zero-order valence-electron chi connectivity index (χ0n) is 13.8. The topological polar surface area (TPSA) is 171 Å². The van der Waals surface area contributed by atoms with Crippen LogP contribution in [0, 0.1) is 24.1 Å². The van der Waals surface area contributed by atoms with Crippen LogP contribution >= 0.6 is 0 Å². The maximum absolute atomic E-state index is 11.9. The Labute approximate surface area is 149 Å². The van der Waals surface area contributed by atoms with E-state index in [0.717, 1.165) is 0 Å². The van der Waals surface area contributed by atoms with E-state index in [2.05, 4.69) is 15.3 Å². The van der Waals surface area contributed by atoms with Crippen molar-refractivity contribution in [3.63, 3.8) is 0 Å². The first kappa shape index (κ1) is 22.4. The molecule has 0 fully saturated rings. The van der Waals surface area contributed by atoms with Gasteiger partial charge in [-0.2, -0.15) is 0 Å². The van der Waals surface area contributed by atoms with Gasteiger partial charge in [-0.05, 0) is 18.4 Å². The van der Waals surface area contributed by atoms with E-state index in [4.69, 9.17) is 25.2 Å². The summed E-state index contributed by atoms with van der Waals surface area (Å²) in [5, 5.41) is 22.7. The molecule has 0 rings (SSSR count). The van der Waals surface area contributed by atoms with Gasteiger partial charge in [-0.15, -0.1) is 0 Å². The van der Waals surface area contributed by atoms with Gasteiger partial charge in [0.15, 0.2) is 0 Å². The largest absolute Gasteiger partial charge is 0.472 e. The summed E-state index contributed by atoms with van der Waals surface area (Å²) in [6, 6.07) is -0.697. The molecule has 26 heavy (non-hydrogen) atoms. The van der Waals surface area contributed by atoms with Gasteiger partial charge in [0.05, 0.1) is 17.9 Å². The van der Waals surface area contributed by atoms with Gasteiger partial charge in [-0.25, -0.2) is 9.59 Å². The molecule has 0 radical (unpaired) electrons. The molecule has 0 bridgehead atoms. The highest BCUT2D eigenvalue weighted by Crippen LogP contribution is 2.01. The van der Waals surface area contributed by atoms with Gasteiger partial charge in [-0.3, -0.25) is 4.79 Å². The van der Waals surface area contributed by atoms with Gasteiger partial charge in [-0.1, -0.05) is 11.5 Å². The smallest absolute Gasteiger partial charge is 0.385 e. The van der Waals surface area contributed by atoms with Crippen LogP contribution in [0.2, 0.25) is 0 Å². The number of hydrogen-bond donors (Lipinski definition) is 3. The van der Waals surface area contributed by atoms with Crippen molar-refractivity contribution in [3.05, 3.63) is 10.4 Å². The Bertz CT molecular complexity index is 614. The van der Waals surface area contributed by atoms with Gasteiger partial charge in [0.1, 0.15) is 25.4 Å². The second kappa shape index (κ2) is 15.0. The molecule has 0 aliphatic carbocycles. The number of unbranched alkanes of at least 4 members (excludes halogenated alkanes) is 2. The van der Waals surface area contributed by atoms with Gasteiger partial charge in [0.2, 0.25) is 5.91 Å². The Kier molecular flexibility index (Phi) is 12.9. The summed E-state index contributed by atoms with van der Waals surface area (Å²) < 4.78 is 9.62. The summed E-state index contributed by atoms with van der Waals surface area (Å²) in [6.07, 6.45) is 6.06. The van der Waals surface area contributed by atoms with Gasteiger partial charge >= 0.3 is 11.9 Å². The lowest BCUT2D eigenvalue weighted by Gasteiger charge is -2.16. The molecule has 0 atom stereocenters. The minimum atomic E-state index is -1.37. The normalized spacial score (nSPS) is 8.81. The molecule has 0 aromatic carbocycles. The van der Waals surface area contributed by atoms with Gasteiger partial charge in [0.25, 0.3) is 0 Å². The maximum atomic E-state index is 11.9. The summed E-state index contributed by atoms with van der Waals surface area (Å²) in [5.41, 5.74) is 8.13. The predicted molar refractivity (Wildman–Crippen MR) is 87.1 cm³/mol. The van der Waals surface area contributed by atoms with E-state index in [1.165, 1.54) is 0 Å². The SMILES string of the molecule is [N-]=[N+]=NCCCCCC(=O)NC(COC#CC(=O)O)COC#CC(=O)O. The Hall–Kier alpha value is -3.56. The number of carboxylic acid groups (broad SMARTS) is 2. The van der Waals surface area contributed by atoms with Crippen LogP contribution in [0.5, 0.6) is 0 Å². The van der Waals surface area contributed by atoms with E-state index < -0.39 is 18.0 Å².